The largest absolute Gasteiger partial charge is 0.326 e. The molecule has 8 nitrogen and oxygen atoms in total. The Hall–Kier alpha value is -2.68. The van der Waals surface area contributed by atoms with Crippen molar-refractivity contribution in [3.8, 4) is 0 Å². The average molecular weight is 336 g/mol. The molecule has 0 aliphatic carbocycles. The van der Waals surface area contributed by atoms with E-state index in [1.807, 2.05) is 4.72 Å². The van der Waals surface area contributed by atoms with Crippen LogP contribution in [0.5, 0.6) is 0 Å². The van der Waals surface area contributed by atoms with Gasteiger partial charge < -0.3 is 5.32 Å². The van der Waals surface area contributed by atoms with Crippen LogP contribution in [-0.2, 0) is 14.8 Å². The van der Waals surface area contributed by atoms with Gasteiger partial charge >= 0.3 is 0 Å². The summed E-state index contributed by atoms with van der Waals surface area (Å²) in [4.78, 5) is 22.9. The first kappa shape index (κ1) is 16.7. The first-order valence-electron chi connectivity index (χ1n) is 6.67. The molecular formula is C14H16N4O4S. The minimum atomic E-state index is -4.03. The monoisotopic (exact) mass is 336 g/mol. The van der Waals surface area contributed by atoms with Crippen molar-refractivity contribution in [3.63, 3.8) is 0 Å². The number of aromatic amines is 1. The SMILES string of the molecule is CC(=O)Nc1ccc(S(=O)(=O)NC(=O)c2n[nH]c(C)c2C)cc1. The number of amides is 2. The van der Waals surface area contributed by atoms with Crippen LogP contribution in [0.4, 0.5) is 5.69 Å². The number of nitrogens with one attached hydrogen (secondary N) is 3. The molecule has 0 saturated heterocycles. The lowest BCUT2D eigenvalue weighted by Gasteiger charge is -2.07. The van der Waals surface area contributed by atoms with Crippen molar-refractivity contribution in [1.82, 2.24) is 14.9 Å². The molecule has 0 bridgehead atoms. The van der Waals surface area contributed by atoms with E-state index in [-0.39, 0.29) is 16.5 Å². The summed E-state index contributed by atoms with van der Waals surface area (Å²) in [7, 11) is -4.03. The lowest BCUT2D eigenvalue weighted by Crippen LogP contribution is -2.31. The predicted octanol–water partition coefficient (Wildman–Crippen LogP) is 1.10. The van der Waals surface area contributed by atoms with E-state index in [9.17, 15) is 18.0 Å². The molecule has 0 atom stereocenters. The molecule has 0 spiro atoms. The number of carbonyl (C=O) groups is 2. The van der Waals surface area contributed by atoms with Crippen LogP contribution in [0.2, 0.25) is 0 Å². The normalized spacial score (nSPS) is 11.1. The molecule has 23 heavy (non-hydrogen) atoms. The average Bonchev–Trinajstić information content (AvgIpc) is 2.78. The second kappa shape index (κ2) is 6.21. The third-order valence-electron chi connectivity index (χ3n) is 3.18. The maximum Gasteiger partial charge on any atom is 0.285 e. The third kappa shape index (κ3) is 3.75. The second-order valence-electron chi connectivity index (χ2n) is 4.96. The number of sulfonamides is 1. The summed E-state index contributed by atoms with van der Waals surface area (Å²) in [6, 6.07) is 5.46. The van der Waals surface area contributed by atoms with E-state index in [1.54, 1.807) is 13.8 Å². The van der Waals surface area contributed by atoms with Gasteiger partial charge in [0.2, 0.25) is 5.91 Å². The molecule has 1 aromatic heterocycles. The van der Waals surface area contributed by atoms with Crippen molar-refractivity contribution in [1.29, 1.82) is 0 Å². The number of hydrogen-bond acceptors (Lipinski definition) is 5. The Balaban J connectivity index is 2.20. The Labute approximate surface area is 133 Å². The van der Waals surface area contributed by atoms with Crippen LogP contribution < -0.4 is 10.0 Å². The highest BCUT2D eigenvalue weighted by Gasteiger charge is 2.22. The Kier molecular flexibility index (Phi) is 4.50. The summed E-state index contributed by atoms with van der Waals surface area (Å²) in [5, 5.41) is 8.94. The quantitative estimate of drug-likeness (QED) is 0.772. The van der Waals surface area contributed by atoms with Gasteiger partial charge in [-0.1, -0.05) is 0 Å². The van der Waals surface area contributed by atoms with Crippen molar-refractivity contribution in [3.05, 3.63) is 41.2 Å². The number of hydrogen-bond donors (Lipinski definition) is 3. The molecule has 0 fully saturated rings. The molecule has 2 amide bonds. The fourth-order valence-electron chi connectivity index (χ4n) is 1.86. The molecule has 0 aliphatic heterocycles. The summed E-state index contributed by atoms with van der Waals surface area (Å²) < 4.78 is 26.4. The number of aromatic nitrogens is 2. The summed E-state index contributed by atoms with van der Waals surface area (Å²) in [6.07, 6.45) is 0. The van der Waals surface area contributed by atoms with Crippen molar-refractivity contribution < 1.29 is 18.0 Å². The molecule has 9 heteroatoms. The van der Waals surface area contributed by atoms with Gasteiger partial charge in [0, 0.05) is 23.9 Å². The highest BCUT2D eigenvalue weighted by Crippen LogP contribution is 2.15. The van der Waals surface area contributed by atoms with Gasteiger partial charge in [0.1, 0.15) is 0 Å². The standard InChI is InChI=1S/C14H16N4O4S/c1-8-9(2)16-17-13(8)14(20)18-23(21,22)12-6-4-11(5-7-12)15-10(3)19/h4-7H,1-3H3,(H,15,19)(H,16,17)(H,18,20). The first-order chi connectivity index (χ1) is 10.7. The molecule has 122 valence electrons. The van der Waals surface area contributed by atoms with E-state index >= 15 is 0 Å². The molecule has 0 radical (unpaired) electrons. The zero-order chi connectivity index (χ0) is 17.2. The van der Waals surface area contributed by atoms with Crippen LogP contribution in [0.3, 0.4) is 0 Å². The van der Waals surface area contributed by atoms with E-state index in [0.717, 1.165) is 0 Å². The minimum absolute atomic E-state index is 0.0286. The highest BCUT2D eigenvalue weighted by atomic mass is 32.2. The molecule has 0 aliphatic rings. The van der Waals surface area contributed by atoms with Gasteiger partial charge in [0.15, 0.2) is 5.69 Å². The van der Waals surface area contributed by atoms with Gasteiger partial charge in [0.25, 0.3) is 15.9 Å². The highest BCUT2D eigenvalue weighted by molar-refractivity contribution is 7.90. The van der Waals surface area contributed by atoms with Crippen molar-refractivity contribution in [2.24, 2.45) is 0 Å². The molecule has 0 saturated carbocycles. The van der Waals surface area contributed by atoms with Crippen molar-refractivity contribution in [2.75, 3.05) is 5.32 Å². The number of H-pyrrole nitrogens is 1. The number of benzene rings is 1. The van der Waals surface area contributed by atoms with Gasteiger partial charge in [-0.2, -0.15) is 5.10 Å². The molecular weight excluding hydrogens is 320 g/mol. The number of carbonyl (C=O) groups excluding carboxylic acids is 2. The Morgan fingerprint density at radius 1 is 1.13 bits per heavy atom. The van der Waals surface area contributed by atoms with Crippen LogP contribution in [-0.4, -0.2) is 30.4 Å². The van der Waals surface area contributed by atoms with Crippen LogP contribution in [0.1, 0.15) is 28.7 Å². The van der Waals surface area contributed by atoms with Gasteiger partial charge in [-0.25, -0.2) is 13.1 Å². The fourth-order valence-corrected chi connectivity index (χ4v) is 2.81. The first-order valence-corrected chi connectivity index (χ1v) is 8.15. The number of aryl methyl sites for hydroxylation is 1. The summed E-state index contributed by atoms with van der Waals surface area (Å²) in [5.41, 5.74) is 1.76. The maximum atomic E-state index is 12.2. The smallest absolute Gasteiger partial charge is 0.285 e. The molecule has 1 heterocycles. The van der Waals surface area contributed by atoms with Gasteiger partial charge in [0.05, 0.1) is 4.90 Å². The molecule has 3 N–H and O–H groups in total. The van der Waals surface area contributed by atoms with E-state index in [2.05, 4.69) is 15.5 Å². The van der Waals surface area contributed by atoms with Crippen molar-refractivity contribution in [2.45, 2.75) is 25.7 Å². The molecule has 0 unspecified atom stereocenters. The lowest BCUT2D eigenvalue weighted by atomic mass is 10.2. The fraction of sp³-hybridized carbons (Fsp3) is 0.214. The maximum absolute atomic E-state index is 12.2. The van der Waals surface area contributed by atoms with Crippen LogP contribution in [0, 0.1) is 13.8 Å². The van der Waals surface area contributed by atoms with E-state index in [1.165, 1.54) is 31.2 Å². The van der Waals surface area contributed by atoms with Crippen LogP contribution >= 0.6 is 0 Å². The molecule has 2 aromatic rings. The van der Waals surface area contributed by atoms with Gasteiger partial charge in [-0.3, -0.25) is 14.7 Å². The number of nitrogens with zero attached hydrogens (tertiary/aromatic N) is 1. The summed E-state index contributed by atoms with van der Waals surface area (Å²) in [6.45, 7) is 4.75. The Morgan fingerprint density at radius 3 is 2.22 bits per heavy atom. The second-order valence-corrected chi connectivity index (χ2v) is 6.64. The van der Waals surface area contributed by atoms with Crippen LogP contribution in [0.25, 0.3) is 0 Å². The summed E-state index contributed by atoms with van der Waals surface area (Å²) >= 11 is 0. The zero-order valence-corrected chi connectivity index (χ0v) is 13.6. The number of rotatable bonds is 4. The van der Waals surface area contributed by atoms with E-state index in [0.29, 0.717) is 16.9 Å². The summed E-state index contributed by atoms with van der Waals surface area (Å²) in [5.74, 6) is -1.07. The van der Waals surface area contributed by atoms with Gasteiger partial charge in [-0.05, 0) is 38.1 Å². The molecule has 2 rings (SSSR count). The van der Waals surface area contributed by atoms with Crippen LogP contribution in [0.15, 0.2) is 29.2 Å². The third-order valence-corrected chi connectivity index (χ3v) is 4.53. The predicted molar refractivity (Wildman–Crippen MR) is 83.5 cm³/mol. The Morgan fingerprint density at radius 2 is 1.74 bits per heavy atom. The topological polar surface area (TPSA) is 121 Å². The Bertz CT molecular complexity index is 853. The number of anilines is 1. The van der Waals surface area contributed by atoms with Gasteiger partial charge in [-0.15, -0.1) is 0 Å². The van der Waals surface area contributed by atoms with E-state index < -0.39 is 15.9 Å². The molecule has 1 aromatic carbocycles. The lowest BCUT2D eigenvalue weighted by molar-refractivity contribution is -0.114. The van der Waals surface area contributed by atoms with E-state index in [4.69, 9.17) is 0 Å². The zero-order valence-electron chi connectivity index (χ0n) is 12.8. The minimum Gasteiger partial charge on any atom is -0.326 e. The van der Waals surface area contributed by atoms with Crippen molar-refractivity contribution >= 4 is 27.5 Å².